The molecule has 0 bridgehead atoms. The first kappa shape index (κ1) is 13.2. The lowest BCUT2D eigenvalue weighted by molar-refractivity contribution is 0.744. The van der Waals surface area contributed by atoms with Crippen molar-refractivity contribution >= 4 is 22.8 Å². The molecule has 0 aliphatic rings. The van der Waals surface area contributed by atoms with Gasteiger partial charge in [0.15, 0.2) is 5.65 Å². The molecule has 0 amide bonds. The molecule has 3 rings (SSSR count). The van der Waals surface area contributed by atoms with Crippen LogP contribution in [0.5, 0.6) is 0 Å². The Morgan fingerprint density at radius 1 is 1.30 bits per heavy atom. The summed E-state index contributed by atoms with van der Waals surface area (Å²) in [5.74, 6) is 1.24. The zero-order valence-corrected chi connectivity index (χ0v) is 12.6. The molecule has 2 heterocycles. The number of aryl methyl sites for hydroxylation is 3. The summed E-state index contributed by atoms with van der Waals surface area (Å²) in [6.45, 7) is 4.17. The first-order chi connectivity index (χ1) is 9.65. The van der Waals surface area contributed by atoms with Crippen molar-refractivity contribution in [1.82, 2.24) is 19.3 Å². The number of hydrogen-bond donors (Lipinski definition) is 0. The van der Waals surface area contributed by atoms with Gasteiger partial charge in [-0.2, -0.15) is 5.10 Å². The molecular weight excluding hydrogens is 272 g/mol. The van der Waals surface area contributed by atoms with Crippen molar-refractivity contribution in [2.24, 2.45) is 7.05 Å². The Morgan fingerprint density at radius 2 is 2.10 bits per heavy atom. The number of aromatic nitrogens is 4. The van der Waals surface area contributed by atoms with Crippen LogP contribution in [0.1, 0.15) is 24.0 Å². The highest BCUT2D eigenvalue weighted by Crippen LogP contribution is 2.25. The minimum atomic E-state index is 0.381. The number of rotatable bonds is 3. The lowest BCUT2D eigenvalue weighted by Crippen LogP contribution is -2.04. The van der Waals surface area contributed by atoms with Crippen molar-refractivity contribution in [3.63, 3.8) is 0 Å². The van der Waals surface area contributed by atoms with Crippen molar-refractivity contribution in [1.29, 1.82) is 0 Å². The van der Waals surface area contributed by atoms with Gasteiger partial charge < -0.3 is 0 Å². The van der Waals surface area contributed by atoms with Gasteiger partial charge in [-0.25, -0.2) is 9.67 Å². The van der Waals surface area contributed by atoms with E-state index in [1.807, 2.05) is 17.8 Å². The average molecular weight is 289 g/mol. The molecule has 20 heavy (non-hydrogen) atoms. The number of hydrogen-bond acceptors (Lipinski definition) is 2. The lowest BCUT2D eigenvalue weighted by atomic mass is 10.2. The highest BCUT2D eigenvalue weighted by molar-refractivity contribution is 6.17. The Labute approximate surface area is 123 Å². The van der Waals surface area contributed by atoms with Gasteiger partial charge in [0.2, 0.25) is 0 Å². The second kappa shape index (κ2) is 4.94. The van der Waals surface area contributed by atoms with Gasteiger partial charge in [-0.15, -0.1) is 11.6 Å². The highest BCUT2D eigenvalue weighted by atomic mass is 35.5. The second-order valence-electron chi connectivity index (χ2n) is 4.93. The minimum absolute atomic E-state index is 0.381. The van der Waals surface area contributed by atoms with Gasteiger partial charge in [-0.1, -0.05) is 19.1 Å². The van der Waals surface area contributed by atoms with Gasteiger partial charge in [0.05, 0.1) is 11.6 Å². The van der Waals surface area contributed by atoms with Gasteiger partial charge in [-0.05, 0) is 31.0 Å². The summed E-state index contributed by atoms with van der Waals surface area (Å²) in [6, 6.07) is 8.34. The fourth-order valence-electron chi connectivity index (χ4n) is 2.59. The topological polar surface area (TPSA) is 35.6 Å². The fraction of sp³-hybridized carbons (Fsp3) is 0.333. The molecule has 0 saturated heterocycles. The van der Waals surface area contributed by atoms with Crippen LogP contribution in [0.2, 0.25) is 0 Å². The van der Waals surface area contributed by atoms with E-state index in [1.165, 1.54) is 5.56 Å². The average Bonchev–Trinajstić information content (AvgIpc) is 2.96. The van der Waals surface area contributed by atoms with E-state index >= 15 is 0 Å². The highest BCUT2D eigenvalue weighted by Gasteiger charge is 2.18. The summed E-state index contributed by atoms with van der Waals surface area (Å²) in [4.78, 5) is 4.68. The van der Waals surface area contributed by atoms with E-state index in [1.54, 1.807) is 0 Å². The Hall–Kier alpha value is -1.81. The van der Waals surface area contributed by atoms with Crippen molar-refractivity contribution < 1.29 is 0 Å². The van der Waals surface area contributed by atoms with Crippen LogP contribution < -0.4 is 0 Å². The van der Waals surface area contributed by atoms with E-state index < -0.39 is 0 Å². The maximum absolute atomic E-state index is 6.09. The van der Waals surface area contributed by atoms with Crippen LogP contribution >= 0.6 is 11.6 Å². The maximum Gasteiger partial charge on any atom is 0.163 e. The summed E-state index contributed by atoms with van der Waals surface area (Å²) >= 11 is 6.09. The molecule has 0 fully saturated rings. The zero-order chi connectivity index (χ0) is 14.3. The van der Waals surface area contributed by atoms with Crippen LogP contribution in [-0.2, 0) is 19.3 Å². The smallest absolute Gasteiger partial charge is 0.163 e. The molecule has 4 nitrogen and oxygen atoms in total. The zero-order valence-electron chi connectivity index (χ0n) is 11.9. The molecule has 0 aliphatic heterocycles. The third-order valence-corrected chi connectivity index (χ3v) is 3.73. The van der Waals surface area contributed by atoms with E-state index in [2.05, 4.69) is 46.7 Å². The van der Waals surface area contributed by atoms with Crippen molar-refractivity contribution in [3.05, 3.63) is 41.3 Å². The summed E-state index contributed by atoms with van der Waals surface area (Å²) < 4.78 is 3.99. The molecule has 0 saturated carbocycles. The summed E-state index contributed by atoms with van der Waals surface area (Å²) in [5.41, 5.74) is 5.26. The number of benzene rings is 1. The second-order valence-corrected chi connectivity index (χ2v) is 5.20. The largest absolute Gasteiger partial charge is 0.280 e. The van der Waals surface area contributed by atoms with Crippen molar-refractivity contribution in [3.8, 4) is 5.69 Å². The Kier molecular flexibility index (Phi) is 3.26. The molecule has 0 unspecified atom stereocenters. The third-order valence-electron chi connectivity index (χ3n) is 3.49. The number of nitrogens with zero attached hydrogens (tertiary/aromatic N) is 4. The molecule has 0 atom stereocenters. The number of alkyl halides is 1. The predicted molar refractivity (Wildman–Crippen MR) is 81.5 cm³/mol. The van der Waals surface area contributed by atoms with E-state index in [9.17, 15) is 0 Å². The van der Waals surface area contributed by atoms with Crippen LogP contribution in [-0.4, -0.2) is 19.3 Å². The van der Waals surface area contributed by atoms with Gasteiger partial charge in [-0.3, -0.25) is 4.57 Å². The standard InChI is InChI=1S/C15H17ClN4/c1-4-12-14-15(19(3)18-12)20(13(9-16)17-14)11-7-5-6-10(2)8-11/h5-8H,4,9H2,1-3H3. The molecule has 0 radical (unpaired) electrons. The lowest BCUT2D eigenvalue weighted by Gasteiger charge is -2.08. The Bertz CT molecular complexity index is 770. The SMILES string of the molecule is CCc1nn(C)c2c1nc(CCl)n2-c1cccc(C)c1. The first-order valence-corrected chi connectivity index (χ1v) is 7.25. The van der Waals surface area contributed by atoms with Crippen LogP contribution in [0.4, 0.5) is 0 Å². The molecule has 0 aliphatic carbocycles. The summed E-state index contributed by atoms with van der Waals surface area (Å²) in [5, 5.41) is 4.54. The first-order valence-electron chi connectivity index (χ1n) is 6.72. The van der Waals surface area contributed by atoms with E-state index in [0.717, 1.165) is 34.8 Å². The molecule has 3 aromatic rings. The quantitative estimate of drug-likeness (QED) is 0.693. The Balaban J connectivity index is 2.36. The Morgan fingerprint density at radius 3 is 2.75 bits per heavy atom. The van der Waals surface area contributed by atoms with Gasteiger partial charge >= 0.3 is 0 Å². The van der Waals surface area contributed by atoms with Crippen molar-refractivity contribution in [2.75, 3.05) is 0 Å². The molecule has 104 valence electrons. The minimum Gasteiger partial charge on any atom is -0.280 e. The van der Waals surface area contributed by atoms with Crippen LogP contribution in [0, 0.1) is 6.92 Å². The molecule has 0 N–H and O–H groups in total. The van der Waals surface area contributed by atoms with E-state index in [-0.39, 0.29) is 0 Å². The van der Waals surface area contributed by atoms with E-state index in [0.29, 0.717) is 5.88 Å². The molecule has 0 spiro atoms. The van der Waals surface area contributed by atoms with Gasteiger partial charge in [0.1, 0.15) is 11.3 Å². The van der Waals surface area contributed by atoms with Gasteiger partial charge in [0, 0.05) is 12.7 Å². The molecule has 5 heteroatoms. The number of fused-ring (bicyclic) bond motifs is 1. The molecule has 1 aromatic carbocycles. The monoisotopic (exact) mass is 288 g/mol. The number of imidazole rings is 1. The normalized spacial score (nSPS) is 11.4. The van der Waals surface area contributed by atoms with Crippen molar-refractivity contribution in [2.45, 2.75) is 26.1 Å². The number of halogens is 1. The predicted octanol–water partition coefficient (Wildman–Crippen LogP) is 3.37. The van der Waals surface area contributed by atoms with Gasteiger partial charge in [0.25, 0.3) is 0 Å². The molecular formula is C15H17ClN4. The summed E-state index contributed by atoms with van der Waals surface area (Å²) in [7, 11) is 1.95. The van der Waals surface area contributed by atoms with E-state index in [4.69, 9.17) is 11.6 Å². The van der Waals surface area contributed by atoms with Crippen LogP contribution in [0.25, 0.3) is 16.9 Å². The maximum atomic E-state index is 6.09. The van der Waals surface area contributed by atoms with Crippen LogP contribution in [0.3, 0.4) is 0 Å². The third kappa shape index (κ3) is 1.91. The van der Waals surface area contributed by atoms with Crippen LogP contribution in [0.15, 0.2) is 24.3 Å². The fourth-order valence-corrected chi connectivity index (χ4v) is 2.77. The summed E-state index contributed by atoms with van der Waals surface area (Å²) in [6.07, 6.45) is 0.865. The molecule has 2 aromatic heterocycles.